The molecule has 0 bridgehead atoms. The van der Waals surface area contributed by atoms with E-state index in [0.717, 1.165) is 25.8 Å². The fraction of sp³-hybridized carbons (Fsp3) is 0.500. The van der Waals surface area contributed by atoms with Gasteiger partial charge in [0.05, 0.1) is 12.1 Å². The molecular weight excluding hydrogens is 372 g/mol. The number of piperidine rings is 1. The van der Waals surface area contributed by atoms with E-state index in [0.29, 0.717) is 31.4 Å². The minimum atomic E-state index is -0.655. The Labute approximate surface area is 170 Å². The number of anilines is 1. The number of hydrogen-bond donors (Lipinski definition) is 4. The van der Waals surface area contributed by atoms with Gasteiger partial charge in [0.15, 0.2) is 5.96 Å². The molecule has 9 nitrogen and oxygen atoms in total. The van der Waals surface area contributed by atoms with Gasteiger partial charge in [0.2, 0.25) is 11.8 Å². The minimum Gasteiger partial charge on any atom is -0.370 e. The van der Waals surface area contributed by atoms with Gasteiger partial charge in [-0.25, -0.2) is 0 Å². The molecule has 2 atom stereocenters. The minimum absolute atomic E-state index is 0.00924. The molecule has 0 radical (unpaired) electrons. The van der Waals surface area contributed by atoms with Gasteiger partial charge >= 0.3 is 0 Å². The smallest absolute Gasteiger partial charge is 0.244 e. The number of para-hydroxylation sites is 1. The van der Waals surface area contributed by atoms with E-state index in [1.54, 1.807) is 12.1 Å². The van der Waals surface area contributed by atoms with E-state index >= 15 is 0 Å². The first-order valence-electron chi connectivity index (χ1n) is 9.91. The van der Waals surface area contributed by atoms with Crippen LogP contribution in [0.3, 0.4) is 0 Å². The molecule has 0 spiro atoms. The predicted molar refractivity (Wildman–Crippen MR) is 112 cm³/mol. The second-order valence-corrected chi connectivity index (χ2v) is 7.02. The van der Waals surface area contributed by atoms with E-state index in [1.165, 1.54) is 4.90 Å². The predicted octanol–water partition coefficient (Wildman–Crippen LogP) is -0.101. The largest absolute Gasteiger partial charge is 0.370 e. The van der Waals surface area contributed by atoms with Crippen molar-refractivity contribution in [3.8, 4) is 0 Å². The Hall–Kier alpha value is -2.94. The summed E-state index contributed by atoms with van der Waals surface area (Å²) in [6.07, 6.45) is 4.40. The van der Waals surface area contributed by atoms with Crippen LogP contribution in [-0.4, -0.2) is 55.8 Å². The monoisotopic (exact) mass is 402 g/mol. The number of nitrogens with one attached hydrogen (secondary N) is 2. The van der Waals surface area contributed by atoms with Crippen LogP contribution >= 0.6 is 0 Å². The van der Waals surface area contributed by atoms with Crippen molar-refractivity contribution in [2.75, 3.05) is 24.5 Å². The number of guanidine groups is 1. The lowest BCUT2D eigenvalue weighted by atomic mass is 10.0. The third-order valence-corrected chi connectivity index (χ3v) is 4.72. The average molecular weight is 402 g/mol. The van der Waals surface area contributed by atoms with Crippen molar-refractivity contribution < 1.29 is 14.4 Å². The first kappa shape index (κ1) is 22.4. The lowest BCUT2D eigenvalue weighted by Crippen LogP contribution is -2.52. The zero-order valence-electron chi connectivity index (χ0n) is 16.5. The maximum Gasteiger partial charge on any atom is 0.244 e. The van der Waals surface area contributed by atoms with Gasteiger partial charge in [0.25, 0.3) is 0 Å². The first-order valence-corrected chi connectivity index (χ1v) is 9.91. The highest BCUT2D eigenvalue weighted by Gasteiger charge is 2.28. The molecule has 2 amide bonds. The van der Waals surface area contributed by atoms with E-state index in [2.05, 4.69) is 15.6 Å². The lowest BCUT2D eigenvalue weighted by Gasteiger charge is -2.30. The van der Waals surface area contributed by atoms with E-state index in [-0.39, 0.29) is 24.5 Å². The molecule has 1 aromatic rings. The standard InChI is InChI=1S/C20H30N6O3/c21-20(22)24-12-6-7-15(14-27)25-18(28)13-26(16-8-2-1-3-9-16)19(29)17-10-4-5-11-23-17/h1-3,8-9,14-15,17,23H,4-7,10-13H2,(H,25,28)(H4,21,22,24)/t15-,17?/m0/s1. The molecule has 0 aromatic heterocycles. The molecule has 1 unspecified atom stereocenters. The molecule has 2 rings (SSSR count). The Bertz CT molecular complexity index is 699. The molecule has 1 heterocycles. The molecule has 29 heavy (non-hydrogen) atoms. The number of carbonyl (C=O) groups is 3. The highest BCUT2D eigenvalue weighted by molar-refractivity contribution is 6.01. The van der Waals surface area contributed by atoms with Crippen LogP contribution in [0.5, 0.6) is 0 Å². The van der Waals surface area contributed by atoms with E-state index in [9.17, 15) is 14.4 Å². The van der Waals surface area contributed by atoms with Crippen LogP contribution in [0.25, 0.3) is 0 Å². The van der Waals surface area contributed by atoms with Gasteiger partial charge in [-0.1, -0.05) is 24.6 Å². The number of carbonyl (C=O) groups excluding carboxylic acids is 3. The van der Waals surface area contributed by atoms with Crippen molar-refractivity contribution in [3.63, 3.8) is 0 Å². The van der Waals surface area contributed by atoms with Gasteiger partial charge in [-0.15, -0.1) is 0 Å². The number of benzene rings is 1. The highest BCUT2D eigenvalue weighted by Crippen LogP contribution is 2.17. The van der Waals surface area contributed by atoms with Crippen LogP contribution in [0.1, 0.15) is 32.1 Å². The zero-order chi connectivity index (χ0) is 21.1. The van der Waals surface area contributed by atoms with Gasteiger partial charge in [-0.05, 0) is 44.4 Å². The van der Waals surface area contributed by atoms with Crippen LogP contribution < -0.4 is 27.0 Å². The molecule has 9 heteroatoms. The third kappa shape index (κ3) is 7.53. The van der Waals surface area contributed by atoms with Crippen molar-refractivity contribution in [3.05, 3.63) is 30.3 Å². The van der Waals surface area contributed by atoms with Crippen molar-refractivity contribution in [1.82, 2.24) is 10.6 Å². The highest BCUT2D eigenvalue weighted by atomic mass is 16.2. The Morgan fingerprint density at radius 3 is 2.66 bits per heavy atom. The maximum absolute atomic E-state index is 13.0. The summed E-state index contributed by atoms with van der Waals surface area (Å²) < 4.78 is 0. The Morgan fingerprint density at radius 2 is 2.03 bits per heavy atom. The summed E-state index contributed by atoms with van der Waals surface area (Å²) in [5, 5.41) is 5.91. The van der Waals surface area contributed by atoms with Gasteiger partial charge < -0.3 is 31.8 Å². The molecule has 1 aromatic carbocycles. The average Bonchev–Trinajstić information content (AvgIpc) is 2.74. The van der Waals surface area contributed by atoms with E-state index in [4.69, 9.17) is 11.5 Å². The maximum atomic E-state index is 13.0. The summed E-state index contributed by atoms with van der Waals surface area (Å²) in [6, 6.07) is 8.11. The summed E-state index contributed by atoms with van der Waals surface area (Å²) in [7, 11) is 0. The molecule has 0 aliphatic carbocycles. The van der Waals surface area contributed by atoms with Crippen LogP contribution in [0.15, 0.2) is 35.3 Å². The second-order valence-electron chi connectivity index (χ2n) is 7.02. The number of amides is 2. The number of nitrogens with zero attached hydrogens (tertiary/aromatic N) is 2. The fourth-order valence-corrected chi connectivity index (χ4v) is 3.24. The zero-order valence-corrected chi connectivity index (χ0v) is 16.5. The molecule has 1 fully saturated rings. The molecule has 6 N–H and O–H groups in total. The summed E-state index contributed by atoms with van der Waals surface area (Å²) in [5.74, 6) is -0.538. The second kappa shape index (κ2) is 11.8. The van der Waals surface area contributed by atoms with Gasteiger partial charge in [-0.3, -0.25) is 14.6 Å². The summed E-state index contributed by atoms with van der Waals surface area (Å²) >= 11 is 0. The van der Waals surface area contributed by atoms with E-state index in [1.807, 2.05) is 18.2 Å². The molecule has 1 saturated heterocycles. The van der Waals surface area contributed by atoms with Crippen LogP contribution in [0.4, 0.5) is 5.69 Å². The summed E-state index contributed by atoms with van der Waals surface area (Å²) in [6.45, 7) is 1.01. The third-order valence-electron chi connectivity index (χ3n) is 4.72. The molecule has 1 aliphatic heterocycles. The first-order chi connectivity index (χ1) is 14.0. The number of aliphatic imine (C=N–C) groups is 1. The fourth-order valence-electron chi connectivity index (χ4n) is 3.24. The molecule has 158 valence electrons. The SMILES string of the molecule is NC(N)=NCCC[C@@H](C=O)NC(=O)CN(C(=O)C1CCCCN1)c1ccccc1. The van der Waals surface area contributed by atoms with Gasteiger partial charge in [0, 0.05) is 12.2 Å². The molecule has 1 aliphatic rings. The van der Waals surface area contributed by atoms with E-state index < -0.39 is 11.9 Å². The van der Waals surface area contributed by atoms with Crippen molar-refractivity contribution in [2.45, 2.75) is 44.2 Å². The number of hydrogen-bond acceptors (Lipinski definition) is 5. The van der Waals surface area contributed by atoms with Gasteiger partial charge in [-0.2, -0.15) is 0 Å². The van der Waals surface area contributed by atoms with Crippen molar-refractivity contribution in [2.24, 2.45) is 16.5 Å². The molecular formula is C20H30N6O3. The Balaban J connectivity index is 1.99. The van der Waals surface area contributed by atoms with Crippen molar-refractivity contribution in [1.29, 1.82) is 0 Å². The van der Waals surface area contributed by atoms with Crippen LogP contribution in [0.2, 0.25) is 0 Å². The van der Waals surface area contributed by atoms with Gasteiger partial charge in [0.1, 0.15) is 12.8 Å². The lowest BCUT2D eigenvalue weighted by molar-refractivity contribution is -0.126. The number of aldehydes is 1. The quantitative estimate of drug-likeness (QED) is 0.186. The van der Waals surface area contributed by atoms with Crippen LogP contribution in [-0.2, 0) is 14.4 Å². The molecule has 0 saturated carbocycles. The Kier molecular flexibility index (Phi) is 9.10. The topological polar surface area (TPSA) is 143 Å². The number of rotatable bonds is 10. The number of nitrogens with two attached hydrogens (primary N) is 2. The summed E-state index contributed by atoms with van der Waals surface area (Å²) in [5.41, 5.74) is 11.2. The normalized spacial score (nSPS) is 17.0. The van der Waals surface area contributed by atoms with Crippen LogP contribution in [0, 0.1) is 0 Å². The summed E-state index contributed by atoms with van der Waals surface area (Å²) in [4.78, 5) is 42.3. The Morgan fingerprint density at radius 1 is 1.28 bits per heavy atom. The van der Waals surface area contributed by atoms with Crippen molar-refractivity contribution >= 4 is 29.7 Å².